The Labute approximate surface area is 134 Å². The highest BCUT2D eigenvalue weighted by atomic mass is 16.4. The third-order valence-electron chi connectivity index (χ3n) is 3.63. The molecule has 0 unspecified atom stereocenters. The molecule has 1 amide bonds. The Kier molecular flexibility index (Phi) is 3.64. The van der Waals surface area contributed by atoms with Crippen molar-refractivity contribution in [1.82, 2.24) is 9.13 Å². The number of hydrogen-bond donors (Lipinski definition) is 1. The average molecular weight is 327 g/mol. The van der Waals surface area contributed by atoms with Crippen molar-refractivity contribution in [3.05, 3.63) is 73.2 Å². The SMILES string of the molecule is Cn1c(=O)c2cc(NC(=O)c3ccccc3)c(=O)oc2n(C)c1=O. The first-order valence-electron chi connectivity index (χ1n) is 7.00. The minimum Gasteiger partial charge on any atom is -0.404 e. The van der Waals surface area contributed by atoms with E-state index in [2.05, 4.69) is 5.32 Å². The fourth-order valence-electron chi connectivity index (χ4n) is 2.32. The van der Waals surface area contributed by atoms with Crippen molar-refractivity contribution in [2.75, 3.05) is 5.32 Å². The van der Waals surface area contributed by atoms with E-state index >= 15 is 0 Å². The maximum atomic E-state index is 12.2. The number of benzene rings is 1. The lowest BCUT2D eigenvalue weighted by Crippen LogP contribution is -2.37. The summed E-state index contributed by atoms with van der Waals surface area (Å²) < 4.78 is 7.01. The Morgan fingerprint density at radius 3 is 2.38 bits per heavy atom. The molecule has 2 aromatic heterocycles. The second-order valence-electron chi connectivity index (χ2n) is 5.19. The molecular formula is C16H13N3O5. The molecule has 0 fully saturated rings. The molecule has 0 atom stereocenters. The molecule has 0 aliphatic rings. The van der Waals surface area contributed by atoms with E-state index in [1.807, 2.05) is 0 Å². The van der Waals surface area contributed by atoms with Gasteiger partial charge in [-0.3, -0.25) is 18.7 Å². The van der Waals surface area contributed by atoms with E-state index in [-0.39, 0.29) is 16.8 Å². The van der Waals surface area contributed by atoms with Crippen molar-refractivity contribution in [2.24, 2.45) is 14.1 Å². The number of anilines is 1. The van der Waals surface area contributed by atoms with Crippen LogP contribution in [-0.4, -0.2) is 15.0 Å². The van der Waals surface area contributed by atoms with E-state index in [1.165, 1.54) is 20.2 Å². The van der Waals surface area contributed by atoms with Crippen LogP contribution in [-0.2, 0) is 14.1 Å². The van der Waals surface area contributed by atoms with Crippen molar-refractivity contribution in [2.45, 2.75) is 0 Å². The van der Waals surface area contributed by atoms with Gasteiger partial charge in [0.05, 0.1) is 0 Å². The Hall–Kier alpha value is -3.42. The zero-order valence-corrected chi connectivity index (χ0v) is 12.9. The van der Waals surface area contributed by atoms with E-state index in [0.29, 0.717) is 5.56 Å². The number of nitrogens with zero attached hydrogens (tertiary/aromatic N) is 2. The van der Waals surface area contributed by atoms with Crippen LogP contribution in [0.2, 0.25) is 0 Å². The first kappa shape index (κ1) is 15.5. The number of nitrogens with one attached hydrogen (secondary N) is 1. The highest BCUT2D eigenvalue weighted by molar-refractivity contribution is 6.04. The van der Waals surface area contributed by atoms with Crippen molar-refractivity contribution >= 4 is 22.7 Å². The molecule has 122 valence electrons. The predicted molar refractivity (Wildman–Crippen MR) is 87.4 cm³/mol. The number of amides is 1. The molecule has 1 aromatic carbocycles. The largest absolute Gasteiger partial charge is 0.404 e. The van der Waals surface area contributed by atoms with Gasteiger partial charge >= 0.3 is 11.3 Å². The van der Waals surface area contributed by atoms with E-state index in [1.54, 1.807) is 30.3 Å². The second-order valence-corrected chi connectivity index (χ2v) is 5.19. The van der Waals surface area contributed by atoms with Gasteiger partial charge in [0, 0.05) is 19.7 Å². The van der Waals surface area contributed by atoms with Gasteiger partial charge in [0.1, 0.15) is 11.1 Å². The van der Waals surface area contributed by atoms with Crippen LogP contribution >= 0.6 is 0 Å². The molecule has 0 spiro atoms. The fourth-order valence-corrected chi connectivity index (χ4v) is 2.32. The van der Waals surface area contributed by atoms with Crippen LogP contribution in [0.25, 0.3) is 11.1 Å². The van der Waals surface area contributed by atoms with E-state index < -0.39 is 22.8 Å². The third-order valence-corrected chi connectivity index (χ3v) is 3.63. The lowest BCUT2D eigenvalue weighted by Gasteiger charge is -2.08. The molecule has 3 rings (SSSR count). The van der Waals surface area contributed by atoms with Gasteiger partial charge in [0.15, 0.2) is 0 Å². The molecule has 1 N–H and O–H groups in total. The van der Waals surface area contributed by atoms with Gasteiger partial charge in [-0.2, -0.15) is 0 Å². The van der Waals surface area contributed by atoms with Gasteiger partial charge in [0.2, 0.25) is 5.71 Å². The normalized spacial score (nSPS) is 10.8. The quantitative estimate of drug-likeness (QED) is 0.736. The van der Waals surface area contributed by atoms with Crippen LogP contribution < -0.4 is 22.2 Å². The van der Waals surface area contributed by atoms with Crippen LogP contribution in [0.4, 0.5) is 5.69 Å². The van der Waals surface area contributed by atoms with E-state index in [0.717, 1.165) is 9.13 Å². The third kappa shape index (κ3) is 2.43. The van der Waals surface area contributed by atoms with Gasteiger partial charge in [-0.1, -0.05) is 18.2 Å². The Bertz CT molecular complexity index is 1120. The minimum absolute atomic E-state index is 0.0163. The van der Waals surface area contributed by atoms with Crippen LogP contribution in [0.5, 0.6) is 0 Å². The summed E-state index contributed by atoms with van der Waals surface area (Å²) in [5, 5.41) is 2.43. The van der Waals surface area contributed by atoms with Crippen LogP contribution in [0.3, 0.4) is 0 Å². The topological polar surface area (TPSA) is 103 Å². The molecular weight excluding hydrogens is 314 g/mol. The number of carbonyl (C=O) groups is 1. The lowest BCUT2D eigenvalue weighted by molar-refractivity contribution is 0.102. The molecule has 0 aliphatic carbocycles. The van der Waals surface area contributed by atoms with Crippen molar-refractivity contribution < 1.29 is 9.21 Å². The van der Waals surface area contributed by atoms with Gasteiger partial charge in [-0.05, 0) is 18.2 Å². The Balaban J connectivity index is 2.16. The number of carbonyl (C=O) groups excluding carboxylic acids is 1. The smallest absolute Gasteiger partial charge is 0.361 e. The molecule has 2 heterocycles. The fraction of sp³-hybridized carbons (Fsp3) is 0.125. The molecule has 0 bridgehead atoms. The lowest BCUT2D eigenvalue weighted by atomic mass is 10.2. The first-order valence-corrected chi connectivity index (χ1v) is 7.00. The van der Waals surface area contributed by atoms with Gasteiger partial charge in [-0.25, -0.2) is 9.59 Å². The molecule has 8 nitrogen and oxygen atoms in total. The number of aryl methyl sites for hydroxylation is 1. The molecule has 8 heteroatoms. The molecule has 3 aromatic rings. The molecule has 0 radical (unpaired) electrons. The summed E-state index contributed by atoms with van der Waals surface area (Å²) in [5.41, 5.74) is -2.05. The Morgan fingerprint density at radius 1 is 1.04 bits per heavy atom. The summed E-state index contributed by atoms with van der Waals surface area (Å²) in [6.07, 6.45) is 0. The summed E-state index contributed by atoms with van der Waals surface area (Å²) in [6, 6.07) is 9.50. The predicted octanol–water partition coefficient (Wildman–Crippen LogP) is 0.443. The standard InChI is InChI=1S/C16H13N3O5/c1-18-13(21)10-8-11(15(22)24-14(10)19(2)16(18)23)17-12(20)9-6-4-3-5-7-9/h3-8H,1-2H3,(H,17,20). The van der Waals surface area contributed by atoms with Crippen LogP contribution in [0, 0.1) is 0 Å². The van der Waals surface area contributed by atoms with Gasteiger partial charge < -0.3 is 9.73 Å². The van der Waals surface area contributed by atoms with E-state index in [9.17, 15) is 19.2 Å². The van der Waals surface area contributed by atoms with Crippen molar-refractivity contribution in [1.29, 1.82) is 0 Å². The summed E-state index contributed by atoms with van der Waals surface area (Å²) in [6.45, 7) is 0. The summed E-state index contributed by atoms with van der Waals surface area (Å²) >= 11 is 0. The van der Waals surface area contributed by atoms with Gasteiger partial charge in [-0.15, -0.1) is 0 Å². The second kappa shape index (κ2) is 5.65. The first-order chi connectivity index (χ1) is 11.4. The molecule has 0 saturated heterocycles. The summed E-state index contributed by atoms with van der Waals surface area (Å²) in [7, 11) is 2.70. The maximum Gasteiger partial charge on any atom is 0.361 e. The monoisotopic (exact) mass is 327 g/mol. The van der Waals surface area contributed by atoms with Crippen molar-refractivity contribution in [3.63, 3.8) is 0 Å². The maximum absolute atomic E-state index is 12.2. The number of fused-ring (bicyclic) bond motifs is 1. The molecule has 0 saturated carbocycles. The average Bonchev–Trinajstić information content (AvgIpc) is 2.60. The summed E-state index contributed by atoms with van der Waals surface area (Å²) in [5.74, 6) is -0.510. The van der Waals surface area contributed by atoms with Crippen molar-refractivity contribution in [3.8, 4) is 0 Å². The highest BCUT2D eigenvalue weighted by Gasteiger charge is 2.16. The molecule has 0 aliphatic heterocycles. The number of hydrogen-bond acceptors (Lipinski definition) is 5. The zero-order chi connectivity index (χ0) is 17.4. The highest BCUT2D eigenvalue weighted by Crippen LogP contribution is 2.11. The number of rotatable bonds is 2. The van der Waals surface area contributed by atoms with Gasteiger partial charge in [0.25, 0.3) is 11.5 Å². The Morgan fingerprint density at radius 2 is 1.71 bits per heavy atom. The van der Waals surface area contributed by atoms with E-state index in [4.69, 9.17) is 4.42 Å². The van der Waals surface area contributed by atoms with Crippen LogP contribution in [0.1, 0.15) is 10.4 Å². The van der Waals surface area contributed by atoms with Crippen LogP contribution in [0.15, 0.2) is 55.2 Å². The molecule has 24 heavy (non-hydrogen) atoms. The zero-order valence-electron chi connectivity index (χ0n) is 12.9. The minimum atomic E-state index is -0.852. The number of aromatic nitrogens is 2. The summed E-state index contributed by atoms with van der Waals surface area (Å²) in [4.78, 5) is 48.3.